The SMILES string of the molecule is Cc1ccc2c(n1)OCC(COCc1ccccc1)O2. The van der Waals surface area contributed by atoms with Gasteiger partial charge in [0.2, 0.25) is 0 Å². The van der Waals surface area contributed by atoms with Crippen molar-refractivity contribution >= 4 is 0 Å². The third-order valence-electron chi connectivity index (χ3n) is 3.08. The highest BCUT2D eigenvalue weighted by molar-refractivity contribution is 5.36. The molecule has 0 radical (unpaired) electrons. The molecule has 20 heavy (non-hydrogen) atoms. The molecule has 1 aliphatic heterocycles. The predicted octanol–water partition coefficient (Wildman–Crippen LogP) is 2.75. The Bertz CT molecular complexity index is 571. The number of pyridine rings is 1. The van der Waals surface area contributed by atoms with E-state index in [1.165, 1.54) is 0 Å². The number of rotatable bonds is 4. The number of aryl methyl sites for hydroxylation is 1. The van der Waals surface area contributed by atoms with Crippen molar-refractivity contribution in [2.75, 3.05) is 13.2 Å². The molecule has 0 saturated carbocycles. The molecule has 104 valence electrons. The second kappa shape index (κ2) is 5.92. The summed E-state index contributed by atoms with van der Waals surface area (Å²) in [5.41, 5.74) is 2.08. The van der Waals surface area contributed by atoms with Gasteiger partial charge in [-0.2, -0.15) is 0 Å². The van der Waals surface area contributed by atoms with Gasteiger partial charge in [-0.15, -0.1) is 0 Å². The van der Waals surface area contributed by atoms with E-state index in [4.69, 9.17) is 14.2 Å². The largest absolute Gasteiger partial charge is 0.479 e. The minimum absolute atomic E-state index is 0.0873. The van der Waals surface area contributed by atoms with E-state index in [0.29, 0.717) is 31.5 Å². The Kier molecular flexibility index (Phi) is 3.83. The van der Waals surface area contributed by atoms with Crippen LogP contribution in [0.15, 0.2) is 42.5 Å². The van der Waals surface area contributed by atoms with E-state index in [2.05, 4.69) is 4.98 Å². The molecule has 2 heterocycles. The summed E-state index contributed by atoms with van der Waals surface area (Å²) in [4.78, 5) is 4.29. The normalized spacial score (nSPS) is 16.9. The molecule has 0 bridgehead atoms. The van der Waals surface area contributed by atoms with Gasteiger partial charge in [0.05, 0.1) is 13.2 Å². The number of ether oxygens (including phenoxy) is 3. The molecule has 1 unspecified atom stereocenters. The lowest BCUT2D eigenvalue weighted by molar-refractivity contribution is 0.000718. The van der Waals surface area contributed by atoms with E-state index >= 15 is 0 Å². The third kappa shape index (κ3) is 3.08. The van der Waals surface area contributed by atoms with E-state index in [-0.39, 0.29) is 6.10 Å². The van der Waals surface area contributed by atoms with Crippen LogP contribution in [0.3, 0.4) is 0 Å². The Balaban J connectivity index is 1.52. The highest BCUT2D eigenvalue weighted by Crippen LogP contribution is 2.29. The molecule has 1 aliphatic rings. The summed E-state index contributed by atoms with van der Waals surface area (Å²) in [6.45, 7) is 3.48. The van der Waals surface area contributed by atoms with Crippen LogP contribution >= 0.6 is 0 Å². The first kappa shape index (κ1) is 12.9. The minimum Gasteiger partial charge on any atom is -0.479 e. The second-order valence-electron chi connectivity index (χ2n) is 4.81. The summed E-state index contributed by atoms with van der Waals surface area (Å²) >= 11 is 0. The molecule has 1 aromatic carbocycles. The maximum atomic E-state index is 5.81. The molecule has 0 amide bonds. The van der Waals surface area contributed by atoms with E-state index in [1.54, 1.807) is 0 Å². The fourth-order valence-electron chi connectivity index (χ4n) is 2.06. The molecule has 4 heteroatoms. The summed E-state index contributed by atoms with van der Waals surface area (Å²) < 4.78 is 17.1. The van der Waals surface area contributed by atoms with Crippen LogP contribution in [-0.4, -0.2) is 24.3 Å². The second-order valence-corrected chi connectivity index (χ2v) is 4.81. The summed E-state index contributed by atoms with van der Waals surface area (Å²) in [7, 11) is 0. The van der Waals surface area contributed by atoms with Crippen molar-refractivity contribution in [2.24, 2.45) is 0 Å². The van der Waals surface area contributed by atoms with Crippen LogP contribution in [0.25, 0.3) is 0 Å². The molecule has 1 aromatic heterocycles. The zero-order valence-corrected chi connectivity index (χ0v) is 11.4. The zero-order chi connectivity index (χ0) is 13.8. The van der Waals surface area contributed by atoms with Crippen molar-refractivity contribution in [1.29, 1.82) is 0 Å². The maximum absolute atomic E-state index is 5.81. The fraction of sp³-hybridized carbons (Fsp3) is 0.312. The number of hydrogen-bond donors (Lipinski definition) is 0. The lowest BCUT2D eigenvalue weighted by atomic mass is 10.2. The van der Waals surface area contributed by atoms with Crippen molar-refractivity contribution in [2.45, 2.75) is 19.6 Å². The van der Waals surface area contributed by atoms with Gasteiger partial charge in [0.1, 0.15) is 6.61 Å². The van der Waals surface area contributed by atoms with Gasteiger partial charge < -0.3 is 14.2 Å². The number of hydrogen-bond acceptors (Lipinski definition) is 4. The third-order valence-corrected chi connectivity index (χ3v) is 3.08. The number of aromatic nitrogens is 1. The van der Waals surface area contributed by atoms with Crippen molar-refractivity contribution in [3.8, 4) is 11.6 Å². The molecule has 3 rings (SSSR count). The van der Waals surface area contributed by atoms with Gasteiger partial charge in [-0.1, -0.05) is 30.3 Å². The van der Waals surface area contributed by atoms with Gasteiger partial charge in [0.25, 0.3) is 5.88 Å². The van der Waals surface area contributed by atoms with Crippen LogP contribution < -0.4 is 9.47 Å². The average molecular weight is 271 g/mol. The Labute approximate surface area is 118 Å². The van der Waals surface area contributed by atoms with Crippen LogP contribution in [0.5, 0.6) is 11.6 Å². The Morgan fingerprint density at radius 2 is 2.05 bits per heavy atom. The average Bonchev–Trinajstić information content (AvgIpc) is 2.48. The van der Waals surface area contributed by atoms with Crippen LogP contribution in [0.1, 0.15) is 11.3 Å². The predicted molar refractivity (Wildman–Crippen MR) is 75.0 cm³/mol. The van der Waals surface area contributed by atoms with Crippen LogP contribution in [0.2, 0.25) is 0 Å². The lowest BCUT2D eigenvalue weighted by Crippen LogP contribution is -2.33. The molecule has 0 N–H and O–H groups in total. The van der Waals surface area contributed by atoms with Gasteiger partial charge >= 0.3 is 0 Å². The molecular formula is C16H17NO3. The summed E-state index contributed by atoms with van der Waals surface area (Å²) in [6, 6.07) is 13.9. The topological polar surface area (TPSA) is 40.6 Å². The number of benzene rings is 1. The van der Waals surface area contributed by atoms with E-state index in [9.17, 15) is 0 Å². The summed E-state index contributed by atoms with van der Waals surface area (Å²) in [5, 5.41) is 0. The Morgan fingerprint density at radius 3 is 2.90 bits per heavy atom. The monoisotopic (exact) mass is 271 g/mol. The summed E-state index contributed by atoms with van der Waals surface area (Å²) in [6.07, 6.45) is -0.0873. The quantitative estimate of drug-likeness (QED) is 0.857. The fourth-order valence-corrected chi connectivity index (χ4v) is 2.06. The standard InChI is InChI=1S/C16H17NO3/c1-12-7-8-15-16(17-12)19-11-14(20-15)10-18-9-13-5-3-2-4-6-13/h2-8,14H,9-11H2,1H3. The highest BCUT2D eigenvalue weighted by Gasteiger charge is 2.22. The van der Waals surface area contributed by atoms with Gasteiger partial charge in [-0.3, -0.25) is 0 Å². The zero-order valence-electron chi connectivity index (χ0n) is 11.4. The Morgan fingerprint density at radius 1 is 1.20 bits per heavy atom. The molecular weight excluding hydrogens is 254 g/mol. The Hall–Kier alpha value is -2.07. The van der Waals surface area contributed by atoms with E-state index in [0.717, 1.165) is 11.3 Å². The van der Waals surface area contributed by atoms with E-state index < -0.39 is 0 Å². The molecule has 0 fully saturated rings. The molecule has 4 nitrogen and oxygen atoms in total. The molecule has 0 aliphatic carbocycles. The van der Waals surface area contributed by atoms with Gasteiger partial charge in [0.15, 0.2) is 11.9 Å². The minimum atomic E-state index is -0.0873. The van der Waals surface area contributed by atoms with Gasteiger partial charge in [-0.05, 0) is 24.6 Å². The van der Waals surface area contributed by atoms with Crippen molar-refractivity contribution in [3.05, 3.63) is 53.7 Å². The summed E-state index contributed by atoms with van der Waals surface area (Å²) in [5.74, 6) is 1.26. The van der Waals surface area contributed by atoms with Crippen LogP contribution in [-0.2, 0) is 11.3 Å². The molecule has 1 atom stereocenters. The first-order chi connectivity index (χ1) is 9.81. The first-order valence-electron chi connectivity index (χ1n) is 6.70. The smallest absolute Gasteiger partial charge is 0.257 e. The van der Waals surface area contributed by atoms with Crippen LogP contribution in [0, 0.1) is 6.92 Å². The number of fused-ring (bicyclic) bond motifs is 1. The molecule has 2 aromatic rings. The van der Waals surface area contributed by atoms with Crippen LogP contribution in [0.4, 0.5) is 0 Å². The highest BCUT2D eigenvalue weighted by atomic mass is 16.6. The maximum Gasteiger partial charge on any atom is 0.257 e. The van der Waals surface area contributed by atoms with Crippen molar-refractivity contribution in [1.82, 2.24) is 4.98 Å². The van der Waals surface area contributed by atoms with E-state index in [1.807, 2.05) is 49.4 Å². The molecule has 0 saturated heterocycles. The first-order valence-corrected chi connectivity index (χ1v) is 6.70. The van der Waals surface area contributed by atoms with Crippen molar-refractivity contribution < 1.29 is 14.2 Å². The number of nitrogens with zero attached hydrogens (tertiary/aromatic N) is 1. The van der Waals surface area contributed by atoms with Gasteiger partial charge in [-0.25, -0.2) is 4.98 Å². The lowest BCUT2D eigenvalue weighted by Gasteiger charge is -2.25. The van der Waals surface area contributed by atoms with Gasteiger partial charge in [0, 0.05) is 5.69 Å². The molecule has 0 spiro atoms. The van der Waals surface area contributed by atoms with Crippen molar-refractivity contribution in [3.63, 3.8) is 0 Å².